The van der Waals surface area contributed by atoms with Crippen molar-refractivity contribution in [1.82, 2.24) is 0 Å². The number of aliphatic carboxylic acids is 1. The molecule has 0 aliphatic carbocycles. The van der Waals surface area contributed by atoms with Crippen molar-refractivity contribution in [2.45, 2.75) is 65.2 Å². The minimum atomic E-state index is -0.956. The van der Waals surface area contributed by atoms with E-state index in [0.29, 0.717) is 18.6 Å². The van der Waals surface area contributed by atoms with Crippen molar-refractivity contribution in [2.75, 3.05) is 0 Å². The summed E-state index contributed by atoms with van der Waals surface area (Å²) in [5, 5.41) is 10.1. The van der Waals surface area contributed by atoms with Gasteiger partial charge in [0.2, 0.25) is 0 Å². The number of carboxylic acid groups (broad SMARTS) is 1. The Morgan fingerprint density at radius 3 is 1.71 bits per heavy atom. The SMILES string of the molecule is CC(C)C(=O)CCCCCCCCC(=O)[O-].[Na+]. The Labute approximate surface area is 127 Å². The minimum absolute atomic E-state index is 0. The van der Waals surface area contributed by atoms with E-state index in [-0.39, 0.29) is 41.9 Å². The Hall–Kier alpha value is 0.140. The first-order valence-electron chi connectivity index (χ1n) is 6.26. The molecule has 0 aromatic carbocycles. The van der Waals surface area contributed by atoms with E-state index in [1.54, 1.807) is 0 Å². The second-order valence-corrected chi connectivity index (χ2v) is 4.61. The molecule has 0 bridgehead atoms. The Morgan fingerprint density at radius 2 is 1.29 bits per heavy atom. The second kappa shape index (κ2) is 12.6. The van der Waals surface area contributed by atoms with Gasteiger partial charge >= 0.3 is 29.6 Å². The van der Waals surface area contributed by atoms with Gasteiger partial charge in [-0.2, -0.15) is 0 Å². The quantitative estimate of drug-likeness (QED) is 0.372. The van der Waals surface area contributed by atoms with E-state index >= 15 is 0 Å². The normalized spacial score (nSPS) is 10.1. The molecule has 17 heavy (non-hydrogen) atoms. The molecule has 94 valence electrons. The maximum absolute atomic E-state index is 11.3. The molecule has 0 N–H and O–H groups in total. The summed E-state index contributed by atoms with van der Waals surface area (Å²) in [5.74, 6) is -0.456. The van der Waals surface area contributed by atoms with Crippen LogP contribution >= 0.6 is 0 Å². The summed E-state index contributed by atoms with van der Waals surface area (Å²) in [6, 6.07) is 0. The number of carbonyl (C=O) groups excluding carboxylic acids is 2. The van der Waals surface area contributed by atoms with Gasteiger partial charge in [-0.3, -0.25) is 4.79 Å². The summed E-state index contributed by atoms with van der Waals surface area (Å²) in [6.45, 7) is 3.87. The summed E-state index contributed by atoms with van der Waals surface area (Å²) in [7, 11) is 0. The van der Waals surface area contributed by atoms with Crippen LogP contribution in [0.3, 0.4) is 0 Å². The number of carboxylic acids is 1. The predicted molar refractivity (Wildman–Crippen MR) is 61.8 cm³/mol. The van der Waals surface area contributed by atoms with Crippen LogP contribution in [0.15, 0.2) is 0 Å². The van der Waals surface area contributed by atoms with Crippen LogP contribution in [0, 0.1) is 5.92 Å². The fourth-order valence-electron chi connectivity index (χ4n) is 1.56. The Bertz CT molecular complexity index is 215. The molecule has 0 spiro atoms. The zero-order valence-electron chi connectivity index (χ0n) is 11.5. The molecule has 0 saturated carbocycles. The van der Waals surface area contributed by atoms with E-state index in [1.807, 2.05) is 13.8 Å². The van der Waals surface area contributed by atoms with Crippen molar-refractivity contribution in [2.24, 2.45) is 5.92 Å². The van der Waals surface area contributed by atoms with Crippen molar-refractivity contribution in [1.29, 1.82) is 0 Å². The summed E-state index contributed by atoms with van der Waals surface area (Å²) >= 11 is 0. The van der Waals surface area contributed by atoms with Crippen LogP contribution in [0.5, 0.6) is 0 Å². The fraction of sp³-hybridized carbons (Fsp3) is 0.846. The summed E-state index contributed by atoms with van der Waals surface area (Å²) < 4.78 is 0. The fourth-order valence-corrected chi connectivity index (χ4v) is 1.56. The summed E-state index contributed by atoms with van der Waals surface area (Å²) in [4.78, 5) is 21.4. The van der Waals surface area contributed by atoms with E-state index in [1.165, 1.54) is 0 Å². The van der Waals surface area contributed by atoms with E-state index in [4.69, 9.17) is 0 Å². The van der Waals surface area contributed by atoms with Crippen LogP contribution < -0.4 is 34.7 Å². The molecule has 0 saturated heterocycles. The minimum Gasteiger partial charge on any atom is -0.550 e. The molecular weight excluding hydrogens is 227 g/mol. The maximum atomic E-state index is 11.3. The Kier molecular flexibility index (Phi) is 14.4. The third-order valence-corrected chi connectivity index (χ3v) is 2.70. The molecule has 0 radical (unpaired) electrons. The number of carbonyl (C=O) groups is 2. The summed E-state index contributed by atoms with van der Waals surface area (Å²) in [6.07, 6.45) is 6.73. The number of rotatable bonds is 10. The molecule has 0 rings (SSSR count). The van der Waals surface area contributed by atoms with Crippen LogP contribution in [0.4, 0.5) is 0 Å². The molecule has 0 heterocycles. The van der Waals surface area contributed by atoms with Crippen molar-refractivity contribution in [3.05, 3.63) is 0 Å². The van der Waals surface area contributed by atoms with Gasteiger partial charge in [-0.1, -0.05) is 39.5 Å². The van der Waals surface area contributed by atoms with E-state index in [2.05, 4.69) is 0 Å². The van der Waals surface area contributed by atoms with Gasteiger partial charge in [-0.25, -0.2) is 0 Å². The van der Waals surface area contributed by atoms with Crippen LogP contribution in [0.2, 0.25) is 0 Å². The van der Waals surface area contributed by atoms with E-state index < -0.39 is 5.97 Å². The second-order valence-electron chi connectivity index (χ2n) is 4.61. The standard InChI is InChI=1S/C13H24O3.Na/c1-11(2)12(14)9-7-5-3-4-6-8-10-13(15)16;/h11H,3-10H2,1-2H3,(H,15,16);/q;+1/p-1. The monoisotopic (exact) mass is 250 g/mol. The van der Waals surface area contributed by atoms with Gasteiger partial charge in [0.1, 0.15) is 5.78 Å². The topological polar surface area (TPSA) is 57.2 Å². The first-order valence-corrected chi connectivity index (χ1v) is 6.26. The number of hydrogen-bond donors (Lipinski definition) is 0. The third kappa shape index (κ3) is 14.1. The number of ketones is 1. The van der Waals surface area contributed by atoms with Crippen molar-refractivity contribution in [3.63, 3.8) is 0 Å². The van der Waals surface area contributed by atoms with Crippen molar-refractivity contribution < 1.29 is 44.3 Å². The largest absolute Gasteiger partial charge is 1.00 e. The number of unbranched alkanes of at least 4 members (excludes halogenated alkanes) is 5. The first kappa shape index (κ1) is 19.5. The van der Waals surface area contributed by atoms with E-state index in [9.17, 15) is 14.7 Å². The van der Waals surface area contributed by atoms with E-state index in [0.717, 1.165) is 32.1 Å². The zero-order chi connectivity index (χ0) is 12.4. The van der Waals surface area contributed by atoms with Gasteiger partial charge in [-0.15, -0.1) is 0 Å². The number of hydrogen-bond acceptors (Lipinski definition) is 3. The Balaban J connectivity index is 0. The Morgan fingerprint density at radius 1 is 0.882 bits per heavy atom. The van der Waals surface area contributed by atoms with Gasteiger partial charge in [-0.05, 0) is 19.3 Å². The molecule has 0 fully saturated rings. The number of Topliss-reactive ketones (excluding diaryl/α,β-unsaturated/α-hetero) is 1. The van der Waals surface area contributed by atoms with Crippen LogP contribution in [0.25, 0.3) is 0 Å². The van der Waals surface area contributed by atoms with Crippen LogP contribution in [-0.2, 0) is 9.59 Å². The molecule has 0 aliphatic heterocycles. The predicted octanol–water partition coefficient (Wildman–Crippen LogP) is -0.914. The van der Waals surface area contributed by atoms with Crippen molar-refractivity contribution >= 4 is 11.8 Å². The van der Waals surface area contributed by atoms with Crippen LogP contribution in [0.1, 0.15) is 65.2 Å². The maximum Gasteiger partial charge on any atom is 1.00 e. The summed E-state index contributed by atoms with van der Waals surface area (Å²) in [5.41, 5.74) is 0. The molecule has 0 aromatic rings. The molecule has 4 heteroatoms. The van der Waals surface area contributed by atoms with Crippen LogP contribution in [-0.4, -0.2) is 11.8 Å². The molecule has 0 aromatic heterocycles. The van der Waals surface area contributed by atoms with Gasteiger partial charge in [0.05, 0.1) is 0 Å². The van der Waals surface area contributed by atoms with Crippen molar-refractivity contribution in [3.8, 4) is 0 Å². The van der Waals surface area contributed by atoms with Gasteiger partial charge in [0.15, 0.2) is 0 Å². The van der Waals surface area contributed by atoms with Gasteiger partial charge in [0, 0.05) is 18.3 Å². The zero-order valence-corrected chi connectivity index (χ0v) is 13.5. The smallest absolute Gasteiger partial charge is 0.550 e. The van der Waals surface area contributed by atoms with Gasteiger partial charge < -0.3 is 9.90 Å². The third-order valence-electron chi connectivity index (χ3n) is 2.70. The molecule has 0 aliphatic rings. The van der Waals surface area contributed by atoms with Gasteiger partial charge in [0.25, 0.3) is 0 Å². The molecule has 0 unspecified atom stereocenters. The first-order chi connectivity index (χ1) is 7.54. The average Bonchev–Trinajstić information content (AvgIpc) is 2.21. The average molecular weight is 250 g/mol. The molecule has 0 atom stereocenters. The molecule has 3 nitrogen and oxygen atoms in total. The molecular formula is C13H23NaO3. The molecule has 0 amide bonds.